The minimum atomic E-state index is -3.83. The van der Waals surface area contributed by atoms with Gasteiger partial charge in [0.25, 0.3) is 0 Å². The summed E-state index contributed by atoms with van der Waals surface area (Å²) in [6, 6.07) is 6.29. The van der Waals surface area contributed by atoms with Crippen LogP contribution in [0.1, 0.15) is 47.0 Å². The van der Waals surface area contributed by atoms with E-state index in [0.717, 1.165) is 24.1 Å². The molecule has 3 heterocycles. The number of nitrogens with zero attached hydrogens (tertiary/aromatic N) is 4. The molecular formula is C23H25FN6O3S2. The van der Waals surface area contributed by atoms with E-state index in [2.05, 4.69) is 24.4 Å². The number of urea groups is 1. The minimum absolute atomic E-state index is 0.0899. The topological polar surface area (TPSA) is 117 Å². The van der Waals surface area contributed by atoms with Crippen LogP contribution < -0.4 is 10.0 Å². The number of pyridine rings is 1. The van der Waals surface area contributed by atoms with E-state index < -0.39 is 21.5 Å². The summed E-state index contributed by atoms with van der Waals surface area (Å²) in [5, 5.41) is 3.50. The van der Waals surface area contributed by atoms with Crippen LogP contribution in [0.3, 0.4) is 0 Å². The summed E-state index contributed by atoms with van der Waals surface area (Å²) >= 11 is 1.22. The molecule has 0 radical (unpaired) electrons. The number of aryl methyl sites for hydroxylation is 1. The largest absolute Gasteiger partial charge is 0.323 e. The van der Waals surface area contributed by atoms with Gasteiger partial charge in [0.15, 0.2) is 0 Å². The smallest absolute Gasteiger partial charge is 0.321 e. The van der Waals surface area contributed by atoms with Crippen LogP contribution in [0.5, 0.6) is 0 Å². The van der Waals surface area contributed by atoms with Crippen molar-refractivity contribution in [3.8, 4) is 0 Å². The quantitative estimate of drug-likeness (QED) is 0.519. The van der Waals surface area contributed by atoms with Crippen molar-refractivity contribution >= 4 is 33.3 Å². The zero-order chi connectivity index (χ0) is 24.8. The lowest BCUT2D eigenvalue weighted by molar-refractivity contribution is 0.220. The molecule has 1 atom stereocenters. The third-order valence-corrected chi connectivity index (χ3v) is 9.05. The second-order valence-electron chi connectivity index (χ2n) is 8.98. The highest BCUT2D eigenvalue weighted by atomic mass is 32.2. The number of carbonyl (C=O) groups excluding carboxylic acids is 1. The van der Waals surface area contributed by atoms with Gasteiger partial charge < -0.3 is 10.2 Å². The summed E-state index contributed by atoms with van der Waals surface area (Å²) in [4.78, 5) is 23.6. The second kappa shape index (κ2) is 8.92. The first-order valence-electron chi connectivity index (χ1n) is 11.3. The van der Waals surface area contributed by atoms with Crippen molar-refractivity contribution in [2.24, 2.45) is 0 Å². The molecule has 35 heavy (non-hydrogen) atoms. The molecule has 9 nitrogen and oxygen atoms in total. The van der Waals surface area contributed by atoms with Crippen LogP contribution in [-0.4, -0.2) is 53.8 Å². The van der Waals surface area contributed by atoms with Crippen LogP contribution in [0.15, 0.2) is 41.7 Å². The first kappa shape index (κ1) is 23.8. The van der Waals surface area contributed by atoms with Gasteiger partial charge in [-0.3, -0.25) is 4.98 Å². The third kappa shape index (κ3) is 4.41. The molecule has 5 rings (SSSR count). The van der Waals surface area contributed by atoms with Crippen molar-refractivity contribution in [1.82, 2.24) is 24.0 Å². The van der Waals surface area contributed by atoms with Crippen LogP contribution in [0.4, 0.5) is 14.9 Å². The number of nitrogens with one attached hydrogen (secondary N) is 2. The van der Waals surface area contributed by atoms with Gasteiger partial charge >= 0.3 is 6.03 Å². The van der Waals surface area contributed by atoms with Crippen molar-refractivity contribution in [1.29, 1.82) is 0 Å². The number of amides is 2. The lowest BCUT2D eigenvalue weighted by Gasteiger charge is -2.28. The fourth-order valence-corrected chi connectivity index (χ4v) is 6.03. The summed E-state index contributed by atoms with van der Waals surface area (Å²) in [6.45, 7) is 2.34. The first-order valence-corrected chi connectivity index (χ1v) is 13.5. The maximum atomic E-state index is 14.5. The van der Waals surface area contributed by atoms with Crippen LogP contribution in [0, 0.1) is 12.7 Å². The molecular weight excluding hydrogens is 491 g/mol. The summed E-state index contributed by atoms with van der Waals surface area (Å²) in [5.41, 5.74) is 1.51. The summed E-state index contributed by atoms with van der Waals surface area (Å²) in [5.74, 6) is -0.0362. The second-order valence-corrected chi connectivity index (χ2v) is 11.6. The molecule has 0 spiro atoms. The molecule has 2 aromatic heterocycles. The normalized spacial score (nSPS) is 20.3. The van der Waals surface area contributed by atoms with Crippen molar-refractivity contribution < 1.29 is 17.6 Å². The Hall–Kier alpha value is -2.96. The third-order valence-electron chi connectivity index (χ3n) is 6.74. The zero-order valence-electron chi connectivity index (χ0n) is 19.3. The summed E-state index contributed by atoms with van der Waals surface area (Å²) in [6.07, 6.45) is 5.26. The molecule has 2 aliphatic rings. The molecule has 12 heteroatoms. The number of carbonyl (C=O) groups is 1. The van der Waals surface area contributed by atoms with Crippen molar-refractivity contribution in [2.75, 3.05) is 25.5 Å². The van der Waals surface area contributed by atoms with Crippen LogP contribution in [0.2, 0.25) is 0 Å². The first-order chi connectivity index (χ1) is 16.7. The SMILES string of the molecule is CNS(=O)(=O)c1cnc(C2CC2)cc1NC(=O)N1CC[C@](c2ccc(C)c(F)c2)(c2ncns2)C1. The zero-order valence-corrected chi connectivity index (χ0v) is 20.9. The van der Waals surface area contributed by atoms with E-state index in [1.54, 1.807) is 24.0 Å². The number of hydrogen-bond donors (Lipinski definition) is 2. The molecule has 184 valence electrons. The van der Waals surface area contributed by atoms with E-state index in [0.29, 0.717) is 23.5 Å². The van der Waals surface area contributed by atoms with Gasteiger partial charge in [0.2, 0.25) is 10.0 Å². The monoisotopic (exact) mass is 516 g/mol. The number of benzene rings is 1. The Morgan fingerprint density at radius 3 is 2.71 bits per heavy atom. The Labute approximate surface area is 207 Å². The average Bonchev–Trinajstić information content (AvgIpc) is 3.35. The maximum absolute atomic E-state index is 14.5. The molecule has 2 fully saturated rings. The Morgan fingerprint density at radius 2 is 2.06 bits per heavy atom. The van der Waals surface area contributed by atoms with E-state index in [-0.39, 0.29) is 28.9 Å². The van der Waals surface area contributed by atoms with E-state index in [1.165, 1.54) is 37.2 Å². The van der Waals surface area contributed by atoms with Gasteiger partial charge in [0.1, 0.15) is 22.0 Å². The van der Waals surface area contributed by atoms with E-state index in [9.17, 15) is 17.6 Å². The predicted octanol–water partition coefficient (Wildman–Crippen LogP) is 3.39. The Balaban J connectivity index is 1.46. The fourth-order valence-electron chi connectivity index (χ4n) is 4.47. The number of anilines is 1. The lowest BCUT2D eigenvalue weighted by Crippen LogP contribution is -2.38. The van der Waals surface area contributed by atoms with E-state index in [1.807, 2.05) is 6.07 Å². The average molecular weight is 517 g/mol. The predicted molar refractivity (Wildman–Crippen MR) is 129 cm³/mol. The standard InChI is InChI=1S/C23H25FN6O3S2/c1-14-3-6-16(9-17(14)24)23(21-27-13-28-34-21)7-8-30(12-23)22(31)29-19-10-18(15-4-5-15)26-11-20(19)35(32,33)25-2/h3,6,9-11,13,15,25H,4-5,7-8,12H2,1-2H3,(H,26,29,31)/t23-/m0/s1. The molecule has 1 aromatic carbocycles. The Kier molecular flexibility index (Phi) is 6.06. The van der Waals surface area contributed by atoms with Crippen LogP contribution >= 0.6 is 11.5 Å². The summed E-state index contributed by atoms with van der Waals surface area (Å²) < 4.78 is 46.0. The number of sulfonamides is 1. The molecule has 0 unspecified atom stereocenters. The van der Waals surface area contributed by atoms with Gasteiger partial charge in [0, 0.05) is 30.9 Å². The summed E-state index contributed by atoms with van der Waals surface area (Å²) in [7, 11) is -2.52. The van der Waals surface area contributed by atoms with Crippen molar-refractivity contribution in [2.45, 2.75) is 42.4 Å². The van der Waals surface area contributed by atoms with Gasteiger partial charge in [-0.25, -0.2) is 27.3 Å². The van der Waals surface area contributed by atoms with Crippen LogP contribution in [0.25, 0.3) is 0 Å². The van der Waals surface area contributed by atoms with Crippen LogP contribution in [-0.2, 0) is 15.4 Å². The highest BCUT2D eigenvalue weighted by molar-refractivity contribution is 7.89. The highest BCUT2D eigenvalue weighted by Crippen LogP contribution is 2.43. The van der Waals surface area contributed by atoms with Gasteiger partial charge in [-0.1, -0.05) is 12.1 Å². The van der Waals surface area contributed by atoms with Gasteiger partial charge in [-0.2, -0.15) is 4.37 Å². The lowest BCUT2D eigenvalue weighted by atomic mass is 9.80. The molecule has 1 saturated carbocycles. The maximum Gasteiger partial charge on any atom is 0.321 e. The number of hydrogen-bond acceptors (Lipinski definition) is 7. The van der Waals surface area contributed by atoms with Crippen molar-refractivity contribution in [3.05, 3.63) is 64.4 Å². The van der Waals surface area contributed by atoms with E-state index >= 15 is 0 Å². The number of rotatable bonds is 6. The molecule has 0 bridgehead atoms. The number of aromatic nitrogens is 3. The van der Waals surface area contributed by atoms with Crippen molar-refractivity contribution in [3.63, 3.8) is 0 Å². The fraction of sp³-hybridized carbons (Fsp3) is 0.391. The number of likely N-dealkylation sites (tertiary alicyclic amines) is 1. The Bertz CT molecular complexity index is 1380. The molecule has 1 aliphatic carbocycles. The molecule has 2 N–H and O–H groups in total. The van der Waals surface area contributed by atoms with Gasteiger partial charge in [0.05, 0.1) is 11.1 Å². The van der Waals surface area contributed by atoms with E-state index in [4.69, 9.17) is 0 Å². The number of halogens is 1. The molecule has 1 aliphatic heterocycles. The molecule has 1 saturated heterocycles. The molecule has 2 amide bonds. The highest BCUT2D eigenvalue weighted by Gasteiger charge is 2.45. The molecule has 3 aromatic rings. The Morgan fingerprint density at radius 1 is 1.26 bits per heavy atom. The van der Waals surface area contributed by atoms with Gasteiger partial charge in [-0.05, 0) is 68.0 Å². The van der Waals surface area contributed by atoms with Gasteiger partial charge in [-0.15, -0.1) is 0 Å². The minimum Gasteiger partial charge on any atom is -0.323 e.